The van der Waals surface area contributed by atoms with Crippen LogP contribution in [0.5, 0.6) is 0 Å². The lowest BCUT2D eigenvalue weighted by molar-refractivity contribution is 0.0888. The maximum absolute atomic E-state index is 13.2. The molecule has 122 valence electrons. The van der Waals surface area contributed by atoms with Crippen LogP contribution in [0.2, 0.25) is 0 Å². The van der Waals surface area contributed by atoms with Crippen molar-refractivity contribution >= 4 is 17.5 Å². The molecule has 3 nitrogen and oxygen atoms in total. The molecule has 0 N–H and O–H groups in total. The van der Waals surface area contributed by atoms with E-state index in [1.807, 2.05) is 24.3 Å². The minimum atomic E-state index is -0.738. The summed E-state index contributed by atoms with van der Waals surface area (Å²) in [5, 5.41) is 8.77. The molecule has 4 rings (SSSR count). The Hall–Kier alpha value is -1.94. The minimum absolute atomic E-state index is 0.0343. The third-order valence-electron chi connectivity index (χ3n) is 5.07. The smallest absolute Gasteiger partial charge is 0.194 e. The summed E-state index contributed by atoms with van der Waals surface area (Å²) in [5.41, 5.74) is 2.53. The highest BCUT2D eigenvalue weighted by atomic mass is 32.2. The number of azo groups is 1. The van der Waals surface area contributed by atoms with E-state index in [1.54, 1.807) is 11.8 Å². The number of rotatable bonds is 2. The van der Waals surface area contributed by atoms with E-state index >= 15 is 0 Å². The van der Waals surface area contributed by atoms with Gasteiger partial charge in [0, 0.05) is 22.1 Å². The first kappa shape index (κ1) is 15.6. The van der Waals surface area contributed by atoms with Crippen LogP contribution in [-0.2, 0) is 0 Å². The Balaban J connectivity index is 1.72. The number of thioether (sulfide) groups is 1. The highest BCUT2D eigenvalue weighted by molar-refractivity contribution is 7.99. The molecular formula is C20H20N2OS. The Labute approximate surface area is 146 Å². The van der Waals surface area contributed by atoms with E-state index in [1.165, 1.54) is 5.56 Å². The molecule has 0 saturated carbocycles. The summed E-state index contributed by atoms with van der Waals surface area (Å²) in [6.07, 6.45) is 0. The van der Waals surface area contributed by atoms with Gasteiger partial charge in [0.25, 0.3) is 0 Å². The van der Waals surface area contributed by atoms with Gasteiger partial charge in [-0.15, -0.1) is 11.8 Å². The number of nitrogens with zero attached hydrogens (tertiary/aromatic N) is 2. The number of ketones is 1. The van der Waals surface area contributed by atoms with Crippen LogP contribution in [0.25, 0.3) is 0 Å². The van der Waals surface area contributed by atoms with Crippen molar-refractivity contribution in [3.05, 3.63) is 65.2 Å². The van der Waals surface area contributed by atoms with Crippen molar-refractivity contribution in [2.45, 2.75) is 36.1 Å². The molecule has 0 aliphatic carbocycles. The molecule has 2 aliphatic rings. The maximum atomic E-state index is 13.2. The molecule has 1 spiro atoms. The number of carbonyl (C=O) groups excluding carboxylic acids is 1. The Bertz CT molecular complexity index is 813. The van der Waals surface area contributed by atoms with Gasteiger partial charge in [-0.3, -0.25) is 4.79 Å². The van der Waals surface area contributed by atoms with E-state index in [0.717, 1.165) is 16.0 Å². The maximum Gasteiger partial charge on any atom is 0.194 e. The molecule has 0 saturated heterocycles. The summed E-state index contributed by atoms with van der Waals surface area (Å²) in [4.78, 5) is 14.3. The second kappa shape index (κ2) is 5.85. The van der Waals surface area contributed by atoms with E-state index in [9.17, 15) is 4.79 Å². The summed E-state index contributed by atoms with van der Waals surface area (Å²) in [7, 11) is 0. The van der Waals surface area contributed by atoms with Gasteiger partial charge in [0.05, 0.1) is 6.54 Å². The van der Waals surface area contributed by atoms with Crippen LogP contribution >= 0.6 is 11.8 Å². The van der Waals surface area contributed by atoms with Crippen LogP contribution in [0, 0.1) is 0 Å². The van der Waals surface area contributed by atoms with Gasteiger partial charge in [-0.2, -0.15) is 10.2 Å². The van der Waals surface area contributed by atoms with E-state index in [-0.39, 0.29) is 11.7 Å². The lowest BCUT2D eigenvalue weighted by atomic mass is 9.76. The summed E-state index contributed by atoms with van der Waals surface area (Å²) in [6.45, 7) is 4.97. The Morgan fingerprint density at radius 2 is 1.88 bits per heavy atom. The minimum Gasteiger partial charge on any atom is -0.291 e. The number of hydrogen-bond acceptors (Lipinski definition) is 4. The van der Waals surface area contributed by atoms with Crippen LogP contribution in [0.4, 0.5) is 0 Å². The van der Waals surface area contributed by atoms with Crippen molar-refractivity contribution in [3.63, 3.8) is 0 Å². The fourth-order valence-corrected chi connectivity index (χ4v) is 4.82. The Morgan fingerprint density at radius 3 is 2.62 bits per heavy atom. The van der Waals surface area contributed by atoms with E-state index in [0.29, 0.717) is 18.2 Å². The van der Waals surface area contributed by atoms with Crippen LogP contribution in [0.15, 0.2) is 63.7 Å². The van der Waals surface area contributed by atoms with Crippen molar-refractivity contribution in [2.75, 3.05) is 12.3 Å². The Kier molecular flexibility index (Phi) is 3.80. The summed E-state index contributed by atoms with van der Waals surface area (Å²) >= 11 is 1.72. The molecule has 0 bridgehead atoms. The van der Waals surface area contributed by atoms with Crippen molar-refractivity contribution in [3.8, 4) is 0 Å². The molecular weight excluding hydrogens is 316 g/mol. The number of Topliss-reactive ketones (excluding diaryl/α,β-unsaturated/α-hetero) is 1. The van der Waals surface area contributed by atoms with Crippen molar-refractivity contribution in [1.82, 2.24) is 0 Å². The zero-order valence-corrected chi connectivity index (χ0v) is 14.7. The predicted molar refractivity (Wildman–Crippen MR) is 97.2 cm³/mol. The third kappa shape index (κ3) is 2.32. The largest absolute Gasteiger partial charge is 0.291 e. The van der Waals surface area contributed by atoms with Crippen molar-refractivity contribution in [2.24, 2.45) is 10.2 Å². The predicted octanol–water partition coefficient (Wildman–Crippen LogP) is 5.09. The summed E-state index contributed by atoms with van der Waals surface area (Å²) in [5.74, 6) is 1.33. The summed E-state index contributed by atoms with van der Waals surface area (Å²) in [6, 6.07) is 16.5. The second-order valence-electron chi connectivity index (χ2n) is 6.84. The normalized spacial score (nSPS) is 25.5. The van der Waals surface area contributed by atoms with Gasteiger partial charge >= 0.3 is 0 Å². The first-order chi connectivity index (χ1) is 11.6. The fourth-order valence-electron chi connectivity index (χ4n) is 3.56. The third-order valence-corrected chi connectivity index (χ3v) is 6.32. The first-order valence-electron chi connectivity index (χ1n) is 8.37. The molecule has 0 radical (unpaired) electrons. The number of hydrogen-bond donors (Lipinski definition) is 0. The van der Waals surface area contributed by atoms with Gasteiger partial charge in [-0.25, -0.2) is 0 Å². The van der Waals surface area contributed by atoms with E-state index in [2.05, 4.69) is 48.3 Å². The van der Waals surface area contributed by atoms with Crippen LogP contribution in [-0.4, -0.2) is 23.6 Å². The quantitative estimate of drug-likeness (QED) is 0.767. The Morgan fingerprint density at radius 1 is 1.12 bits per heavy atom. The fraction of sp³-hybridized carbons (Fsp3) is 0.350. The van der Waals surface area contributed by atoms with Gasteiger partial charge in [-0.1, -0.05) is 56.3 Å². The second-order valence-corrected chi connectivity index (χ2v) is 7.85. The number of benzene rings is 2. The SMILES string of the molecule is CC(C)c1ccc(C2CN=NC23CSc2ccccc2C3=O)cc1. The number of carbonyl (C=O) groups is 1. The van der Waals surface area contributed by atoms with Gasteiger partial charge < -0.3 is 0 Å². The topological polar surface area (TPSA) is 41.8 Å². The van der Waals surface area contributed by atoms with Gasteiger partial charge in [0.2, 0.25) is 0 Å². The molecule has 0 amide bonds. The molecule has 2 aromatic rings. The standard InChI is InChI=1S/C20H20N2OS/c1-13(2)14-7-9-15(10-8-14)17-11-21-22-20(17)12-24-18-6-4-3-5-16(18)19(20)23/h3-10,13,17H,11-12H2,1-2H3. The van der Waals surface area contributed by atoms with Gasteiger partial charge in [0.1, 0.15) is 0 Å². The van der Waals surface area contributed by atoms with E-state index < -0.39 is 5.54 Å². The van der Waals surface area contributed by atoms with Crippen LogP contribution < -0.4 is 0 Å². The summed E-state index contributed by atoms with van der Waals surface area (Å²) < 4.78 is 0. The van der Waals surface area contributed by atoms with E-state index in [4.69, 9.17) is 0 Å². The van der Waals surface area contributed by atoms with Crippen LogP contribution in [0.3, 0.4) is 0 Å². The number of fused-ring (bicyclic) bond motifs is 1. The highest BCUT2D eigenvalue weighted by Gasteiger charge is 2.52. The van der Waals surface area contributed by atoms with Crippen LogP contribution in [0.1, 0.15) is 47.2 Å². The lowest BCUT2D eigenvalue weighted by Gasteiger charge is -2.34. The van der Waals surface area contributed by atoms with Crippen molar-refractivity contribution in [1.29, 1.82) is 0 Å². The van der Waals surface area contributed by atoms with Gasteiger partial charge in [-0.05, 0) is 23.1 Å². The molecule has 0 fully saturated rings. The highest BCUT2D eigenvalue weighted by Crippen LogP contribution is 2.47. The molecule has 4 heteroatoms. The van der Waals surface area contributed by atoms with Crippen molar-refractivity contribution < 1.29 is 4.79 Å². The molecule has 2 aliphatic heterocycles. The zero-order valence-electron chi connectivity index (χ0n) is 13.9. The molecule has 2 heterocycles. The molecule has 0 aromatic heterocycles. The van der Waals surface area contributed by atoms with Gasteiger partial charge in [0.15, 0.2) is 11.3 Å². The average Bonchev–Trinajstić information content (AvgIpc) is 3.03. The monoisotopic (exact) mass is 336 g/mol. The first-order valence-corrected chi connectivity index (χ1v) is 9.35. The molecule has 24 heavy (non-hydrogen) atoms. The average molecular weight is 336 g/mol. The zero-order chi connectivity index (χ0) is 16.7. The molecule has 2 unspecified atom stereocenters. The lowest BCUT2D eigenvalue weighted by Crippen LogP contribution is -2.46. The molecule has 2 atom stereocenters. The molecule has 2 aromatic carbocycles.